The first kappa shape index (κ1) is 21.2. The molecule has 7 heteroatoms. The topological polar surface area (TPSA) is 85.5 Å². The molecule has 1 aromatic heterocycles. The van der Waals surface area contributed by atoms with Crippen molar-refractivity contribution in [1.29, 1.82) is 0 Å². The van der Waals surface area contributed by atoms with Gasteiger partial charge in [0.25, 0.3) is 5.91 Å². The standard InChI is InChI=1S/C26H28N4O3/c1-16(2)21(23(31)27-15-17-9-5-4-6-10-17)30-24(32)26(3)22-19(13-14-29(26)25(30)33)18-11-7-8-12-20(18)28-22/h4-12,16,21,28H,13-15H2,1-3H3,(H,27,31)/t21-,26-/m0/s1. The molecule has 7 nitrogen and oxygen atoms in total. The first-order valence-corrected chi connectivity index (χ1v) is 11.4. The Bertz CT molecular complexity index is 1250. The molecule has 0 spiro atoms. The average molecular weight is 445 g/mol. The van der Waals surface area contributed by atoms with Crippen LogP contribution in [0, 0.1) is 5.92 Å². The Kier molecular flexibility index (Phi) is 5.00. The minimum absolute atomic E-state index is 0.235. The molecule has 1 saturated heterocycles. The Morgan fingerprint density at radius 1 is 1.09 bits per heavy atom. The number of para-hydroxylation sites is 1. The highest BCUT2D eigenvalue weighted by atomic mass is 16.2. The molecule has 2 aliphatic rings. The molecule has 3 aromatic rings. The smallest absolute Gasteiger partial charge is 0.328 e. The van der Waals surface area contributed by atoms with E-state index in [1.54, 1.807) is 11.8 Å². The average Bonchev–Trinajstić information content (AvgIpc) is 3.28. The van der Waals surface area contributed by atoms with E-state index in [0.29, 0.717) is 19.5 Å². The van der Waals surface area contributed by atoms with Crippen molar-refractivity contribution in [2.75, 3.05) is 6.54 Å². The molecule has 3 heterocycles. The van der Waals surface area contributed by atoms with Gasteiger partial charge >= 0.3 is 6.03 Å². The summed E-state index contributed by atoms with van der Waals surface area (Å²) in [5.41, 5.74) is 2.58. The summed E-state index contributed by atoms with van der Waals surface area (Å²) in [7, 11) is 0. The fraction of sp³-hybridized carbons (Fsp3) is 0.346. The highest BCUT2D eigenvalue weighted by Crippen LogP contribution is 2.45. The van der Waals surface area contributed by atoms with E-state index in [2.05, 4.69) is 10.3 Å². The first-order chi connectivity index (χ1) is 15.8. The zero-order valence-electron chi connectivity index (χ0n) is 19.1. The molecule has 2 atom stereocenters. The molecule has 0 radical (unpaired) electrons. The Morgan fingerprint density at radius 2 is 1.79 bits per heavy atom. The van der Waals surface area contributed by atoms with Gasteiger partial charge in [0.2, 0.25) is 5.91 Å². The number of aromatic amines is 1. The van der Waals surface area contributed by atoms with Gasteiger partial charge < -0.3 is 15.2 Å². The van der Waals surface area contributed by atoms with Crippen LogP contribution in [0.5, 0.6) is 0 Å². The van der Waals surface area contributed by atoms with Crippen LogP contribution in [0.3, 0.4) is 0 Å². The maximum absolute atomic E-state index is 13.9. The highest BCUT2D eigenvalue weighted by Gasteiger charge is 2.61. The van der Waals surface area contributed by atoms with E-state index in [-0.39, 0.29) is 17.7 Å². The molecule has 170 valence electrons. The lowest BCUT2D eigenvalue weighted by atomic mass is 9.86. The second-order valence-corrected chi connectivity index (χ2v) is 9.35. The molecule has 2 N–H and O–H groups in total. The van der Waals surface area contributed by atoms with Crippen molar-refractivity contribution in [1.82, 2.24) is 20.1 Å². The molecule has 0 aliphatic carbocycles. The predicted molar refractivity (Wildman–Crippen MR) is 125 cm³/mol. The summed E-state index contributed by atoms with van der Waals surface area (Å²) >= 11 is 0. The third-order valence-corrected chi connectivity index (χ3v) is 6.99. The molecule has 33 heavy (non-hydrogen) atoms. The van der Waals surface area contributed by atoms with Gasteiger partial charge in [-0.2, -0.15) is 0 Å². The summed E-state index contributed by atoms with van der Waals surface area (Å²) in [6, 6.07) is 16.2. The van der Waals surface area contributed by atoms with E-state index in [9.17, 15) is 14.4 Å². The van der Waals surface area contributed by atoms with Gasteiger partial charge in [-0.1, -0.05) is 62.4 Å². The van der Waals surface area contributed by atoms with Crippen molar-refractivity contribution in [2.24, 2.45) is 5.92 Å². The zero-order valence-corrected chi connectivity index (χ0v) is 19.1. The highest BCUT2D eigenvalue weighted by molar-refractivity contribution is 6.11. The van der Waals surface area contributed by atoms with Crippen LogP contribution in [0.4, 0.5) is 4.79 Å². The largest absolute Gasteiger partial charge is 0.356 e. The van der Waals surface area contributed by atoms with E-state index < -0.39 is 17.6 Å². The molecule has 1 fully saturated rings. The molecular weight excluding hydrogens is 416 g/mol. The van der Waals surface area contributed by atoms with Gasteiger partial charge in [-0.25, -0.2) is 9.69 Å². The number of amides is 4. The van der Waals surface area contributed by atoms with E-state index in [1.165, 1.54) is 4.90 Å². The number of urea groups is 1. The van der Waals surface area contributed by atoms with E-state index >= 15 is 0 Å². The van der Waals surface area contributed by atoms with Crippen LogP contribution in [-0.2, 0) is 28.1 Å². The molecule has 2 aliphatic heterocycles. The zero-order chi connectivity index (χ0) is 23.3. The number of aromatic nitrogens is 1. The summed E-state index contributed by atoms with van der Waals surface area (Å²) in [5.74, 6) is -0.912. The molecule has 2 aromatic carbocycles. The Balaban J connectivity index is 1.49. The van der Waals surface area contributed by atoms with E-state index in [0.717, 1.165) is 27.7 Å². The van der Waals surface area contributed by atoms with Crippen LogP contribution in [0.1, 0.15) is 37.6 Å². The van der Waals surface area contributed by atoms with Gasteiger partial charge in [0, 0.05) is 24.0 Å². The number of nitrogens with zero attached hydrogens (tertiary/aromatic N) is 2. The van der Waals surface area contributed by atoms with Crippen LogP contribution in [-0.4, -0.2) is 45.2 Å². The van der Waals surface area contributed by atoms with Crippen LogP contribution in [0.15, 0.2) is 54.6 Å². The molecule has 0 bridgehead atoms. The van der Waals surface area contributed by atoms with Crippen LogP contribution in [0.2, 0.25) is 0 Å². The van der Waals surface area contributed by atoms with Crippen molar-refractivity contribution in [3.63, 3.8) is 0 Å². The molecular formula is C26H28N4O3. The maximum Gasteiger partial charge on any atom is 0.328 e. The van der Waals surface area contributed by atoms with Crippen LogP contribution in [0.25, 0.3) is 10.9 Å². The van der Waals surface area contributed by atoms with Crippen LogP contribution >= 0.6 is 0 Å². The molecule has 4 amide bonds. The number of nitrogens with one attached hydrogen (secondary N) is 2. The Labute approximate surface area is 192 Å². The summed E-state index contributed by atoms with van der Waals surface area (Å²) < 4.78 is 0. The molecule has 5 rings (SSSR count). The number of benzene rings is 2. The SMILES string of the molecule is CC(C)[C@@H](C(=O)NCc1ccccc1)N1C(=O)N2CCc3c([nH]c4ccccc34)[C@@]2(C)C1=O. The number of carbonyl (C=O) groups is 3. The van der Waals surface area contributed by atoms with E-state index in [4.69, 9.17) is 0 Å². The van der Waals surface area contributed by atoms with Gasteiger partial charge in [-0.05, 0) is 36.5 Å². The quantitative estimate of drug-likeness (QED) is 0.590. The fourth-order valence-corrected chi connectivity index (χ4v) is 5.27. The van der Waals surface area contributed by atoms with Crippen molar-refractivity contribution in [3.8, 4) is 0 Å². The number of hydrogen-bond donors (Lipinski definition) is 2. The van der Waals surface area contributed by atoms with Gasteiger partial charge in [-0.15, -0.1) is 0 Å². The second kappa shape index (κ2) is 7.76. The van der Waals surface area contributed by atoms with Crippen LogP contribution < -0.4 is 5.32 Å². The summed E-state index contributed by atoms with van der Waals surface area (Å²) in [5, 5.41) is 4.00. The lowest BCUT2D eigenvalue weighted by Crippen LogP contribution is -2.53. The predicted octanol–water partition coefficient (Wildman–Crippen LogP) is 3.54. The summed E-state index contributed by atoms with van der Waals surface area (Å²) in [6.45, 7) is 6.29. The number of hydrogen-bond acceptors (Lipinski definition) is 3. The lowest BCUT2D eigenvalue weighted by Gasteiger charge is -2.36. The van der Waals surface area contributed by atoms with Gasteiger partial charge in [0.1, 0.15) is 6.04 Å². The number of carbonyl (C=O) groups excluding carboxylic acids is 3. The summed E-state index contributed by atoms with van der Waals surface area (Å²) in [4.78, 5) is 46.9. The van der Waals surface area contributed by atoms with Crippen molar-refractivity contribution < 1.29 is 14.4 Å². The fourth-order valence-electron chi connectivity index (χ4n) is 5.27. The number of H-pyrrole nitrogens is 1. The molecule has 0 saturated carbocycles. The van der Waals surface area contributed by atoms with Gasteiger partial charge in [0.05, 0.1) is 5.69 Å². The monoisotopic (exact) mass is 444 g/mol. The third-order valence-electron chi connectivity index (χ3n) is 6.99. The lowest BCUT2D eigenvalue weighted by molar-refractivity contribution is -0.140. The van der Waals surface area contributed by atoms with Gasteiger partial charge in [-0.3, -0.25) is 9.59 Å². The number of fused-ring (bicyclic) bond motifs is 5. The van der Waals surface area contributed by atoms with Crippen molar-refractivity contribution in [2.45, 2.75) is 45.3 Å². The second-order valence-electron chi connectivity index (χ2n) is 9.35. The summed E-state index contributed by atoms with van der Waals surface area (Å²) in [6.07, 6.45) is 0.661. The Morgan fingerprint density at radius 3 is 2.52 bits per heavy atom. The number of imide groups is 1. The van der Waals surface area contributed by atoms with Gasteiger partial charge in [0.15, 0.2) is 5.54 Å². The molecule has 0 unspecified atom stereocenters. The minimum Gasteiger partial charge on any atom is -0.356 e. The van der Waals surface area contributed by atoms with Crippen molar-refractivity contribution >= 4 is 28.7 Å². The normalized spacial score (nSPS) is 20.8. The maximum atomic E-state index is 13.9. The third kappa shape index (κ3) is 3.14. The van der Waals surface area contributed by atoms with Crippen molar-refractivity contribution in [3.05, 3.63) is 71.4 Å². The minimum atomic E-state index is -1.16. The number of rotatable bonds is 5. The first-order valence-electron chi connectivity index (χ1n) is 11.4. The Hall–Kier alpha value is -3.61. The van der Waals surface area contributed by atoms with E-state index in [1.807, 2.05) is 68.4 Å².